The van der Waals surface area contributed by atoms with Crippen LogP contribution >= 0.6 is 11.3 Å². The first-order valence-corrected chi connectivity index (χ1v) is 11.5. The molecule has 0 bridgehead atoms. The van der Waals surface area contributed by atoms with Crippen LogP contribution in [0.4, 0.5) is 0 Å². The Balaban J connectivity index is 1.92. The van der Waals surface area contributed by atoms with Crippen molar-refractivity contribution in [1.82, 2.24) is 10.6 Å². The number of hydrogen-bond acceptors (Lipinski definition) is 4. The lowest BCUT2D eigenvalue weighted by Crippen LogP contribution is -2.40. The largest absolute Gasteiger partial charge is 0.355 e. The molecule has 148 valence electrons. The van der Waals surface area contributed by atoms with Gasteiger partial charge in [-0.2, -0.15) is 0 Å². The van der Waals surface area contributed by atoms with Crippen molar-refractivity contribution in [3.63, 3.8) is 0 Å². The molecule has 7 heteroatoms. The molecule has 2 N–H and O–H groups in total. The molecule has 2 rings (SSSR count). The first kappa shape index (κ1) is 21.4. The van der Waals surface area contributed by atoms with Crippen LogP contribution in [0.15, 0.2) is 51.7 Å². The van der Waals surface area contributed by atoms with E-state index in [-0.39, 0.29) is 17.2 Å². The molecule has 1 heterocycles. The summed E-state index contributed by atoms with van der Waals surface area (Å²) < 4.78 is 25.1. The van der Waals surface area contributed by atoms with Gasteiger partial charge in [-0.15, -0.1) is 11.3 Å². The first-order valence-electron chi connectivity index (χ1n) is 8.97. The van der Waals surface area contributed by atoms with Gasteiger partial charge in [0.15, 0.2) is 15.8 Å². The molecule has 5 nitrogen and oxygen atoms in total. The SMILES string of the molecule is CN=C(NCCS(=O)(=O)c1ccc(C(C)(C)C)cc1)NC(C)c1cccs1. The molecule has 0 aliphatic heterocycles. The first-order chi connectivity index (χ1) is 12.6. The van der Waals surface area contributed by atoms with E-state index in [1.54, 1.807) is 30.5 Å². The zero-order valence-electron chi connectivity index (χ0n) is 16.6. The van der Waals surface area contributed by atoms with E-state index in [0.717, 1.165) is 5.56 Å². The highest BCUT2D eigenvalue weighted by Crippen LogP contribution is 2.23. The van der Waals surface area contributed by atoms with E-state index in [1.165, 1.54) is 4.88 Å². The molecule has 0 spiro atoms. The molecule has 0 saturated heterocycles. The van der Waals surface area contributed by atoms with Crippen LogP contribution in [-0.2, 0) is 15.3 Å². The number of rotatable bonds is 6. The molecule has 1 aromatic carbocycles. The second kappa shape index (κ2) is 8.89. The summed E-state index contributed by atoms with van der Waals surface area (Å²) in [6.45, 7) is 8.66. The lowest BCUT2D eigenvalue weighted by molar-refractivity contribution is 0.585. The Labute approximate surface area is 166 Å². The third kappa shape index (κ3) is 6.07. The van der Waals surface area contributed by atoms with Crippen LogP contribution in [0, 0.1) is 0 Å². The summed E-state index contributed by atoms with van der Waals surface area (Å²) in [7, 11) is -1.66. The molecule has 0 aliphatic carbocycles. The molecule has 27 heavy (non-hydrogen) atoms. The van der Waals surface area contributed by atoms with Gasteiger partial charge in [0.2, 0.25) is 0 Å². The van der Waals surface area contributed by atoms with E-state index in [1.807, 2.05) is 30.5 Å². The standard InChI is InChI=1S/C20H29N3O2S2/c1-15(18-7-6-13-26-18)23-19(21-5)22-12-14-27(24,25)17-10-8-16(9-11-17)20(2,3)4/h6-11,13,15H,12,14H2,1-5H3,(H2,21,22,23). The number of sulfone groups is 1. The van der Waals surface area contributed by atoms with E-state index >= 15 is 0 Å². The maximum atomic E-state index is 12.6. The molecule has 0 amide bonds. The normalized spacial score (nSPS) is 14.0. The van der Waals surface area contributed by atoms with Crippen molar-refractivity contribution in [3.8, 4) is 0 Å². The van der Waals surface area contributed by atoms with Gasteiger partial charge in [-0.25, -0.2) is 8.42 Å². The van der Waals surface area contributed by atoms with Crippen molar-refractivity contribution in [2.45, 2.75) is 44.0 Å². The fraction of sp³-hybridized carbons (Fsp3) is 0.450. The summed E-state index contributed by atoms with van der Waals surface area (Å²) in [5.74, 6) is 0.602. The van der Waals surface area contributed by atoms with Crippen molar-refractivity contribution in [1.29, 1.82) is 0 Å². The molecule has 2 aromatic rings. The molecule has 0 aliphatic rings. The van der Waals surface area contributed by atoms with E-state index in [0.29, 0.717) is 17.4 Å². The molecule has 0 saturated carbocycles. The molecule has 0 radical (unpaired) electrons. The van der Waals surface area contributed by atoms with Crippen LogP contribution in [0.25, 0.3) is 0 Å². The second-order valence-electron chi connectivity index (χ2n) is 7.47. The van der Waals surface area contributed by atoms with Crippen molar-refractivity contribution >= 4 is 27.1 Å². The van der Waals surface area contributed by atoms with Crippen LogP contribution in [0.5, 0.6) is 0 Å². The number of hydrogen-bond donors (Lipinski definition) is 2. The zero-order chi connectivity index (χ0) is 20.1. The van der Waals surface area contributed by atoms with Gasteiger partial charge in [0.25, 0.3) is 0 Å². The fourth-order valence-corrected chi connectivity index (χ4v) is 4.48. The smallest absolute Gasteiger partial charge is 0.191 e. The Bertz CT molecular complexity index is 850. The monoisotopic (exact) mass is 407 g/mol. The summed E-state index contributed by atoms with van der Waals surface area (Å²) in [6, 6.07) is 11.3. The van der Waals surface area contributed by atoms with Gasteiger partial charge in [0.05, 0.1) is 16.7 Å². The van der Waals surface area contributed by atoms with Gasteiger partial charge in [-0.05, 0) is 41.5 Å². The maximum absolute atomic E-state index is 12.6. The number of benzene rings is 1. The summed E-state index contributed by atoms with van der Waals surface area (Å²) >= 11 is 1.67. The minimum Gasteiger partial charge on any atom is -0.355 e. The lowest BCUT2D eigenvalue weighted by Gasteiger charge is -2.19. The van der Waals surface area contributed by atoms with Gasteiger partial charge in [0, 0.05) is 18.5 Å². The second-order valence-corrected chi connectivity index (χ2v) is 10.6. The molecule has 1 atom stereocenters. The van der Waals surface area contributed by atoms with Gasteiger partial charge in [0.1, 0.15) is 0 Å². The average molecular weight is 408 g/mol. The van der Waals surface area contributed by atoms with Crippen molar-refractivity contribution in [2.75, 3.05) is 19.3 Å². The Morgan fingerprint density at radius 1 is 1.19 bits per heavy atom. The van der Waals surface area contributed by atoms with Crippen LogP contribution in [-0.4, -0.2) is 33.7 Å². The zero-order valence-corrected chi connectivity index (χ0v) is 18.2. The predicted octanol–water partition coefficient (Wildman–Crippen LogP) is 3.75. The Morgan fingerprint density at radius 3 is 2.37 bits per heavy atom. The molecular weight excluding hydrogens is 378 g/mol. The summed E-state index contributed by atoms with van der Waals surface area (Å²) in [4.78, 5) is 5.73. The summed E-state index contributed by atoms with van der Waals surface area (Å²) in [6.07, 6.45) is 0. The van der Waals surface area contributed by atoms with Crippen molar-refractivity contribution in [3.05, 3.63) is 52.2 Å². The lowest BCUT2D eigenvalue weighted by atomic mass is 9.87. The van der Waals surface area contributed by atoms with Crippen molar-refractivity contribution < 1.29 is 8.42 Å². The minimum atomic E-state index is -3.34. The Kier molecular flexibility index (Phi) is 7.06. The molecule has 1 aromatic heterocycles. The molecule has 0 fully saturated rings. The quantitative estimate of drug-likeness (QED) is 0.565. The van der Waals surface area contributed by atoms with Gasteiger partial charge < -0.3 is 10.6 Å². The summed E-state index contributed by atoms with van der Waals surface area (Å²) in [5, 5.41) is 8.39. The minimum absolute atomic E-state index is 0.00126. The predicted molar refractivity (Wildman–Crippen MR) is 114 cm³/mol. The van der Waals surface area contributed by atoms with Gasteiger partial charge in [-0.3, -0.25) is 4.99 Å². The van der Waals surface area contributed by atoms with E-state index < -0.39 is 9.84 Å². The number of aliphatic imine (C=N–C) groups is 1. The molecule has 1 unspecified atom stereocenters. The maximum Gasteiger partial charge on any atom is 0.191 e. The highest BCUT2D eigenvalue weighted by atomic mass is 32.2. The highest BCUT2D eigenvalue weighted by Gasteiger charge is 2.18. The Hall–Kier alpha value is -1.86. The van der Waals surface area contributed by atoms with Gasteiger partial charge >= 0.3 is 0 Å². The average Bonchev–Trinajstić information content (AvgIpc) is 3.15. The van der Waals surface area contributed by atoms with E-state index in [9.17, 15) is 8.42 Å². The number of guanidine groups is 1. The number of nitrogens with one attached hydrogen (secondary N) is 2. The van der Waals surface area contributed by atoms with Crippen LogP contribution in [0.2, 0.25) is 0 Å². The van der Waals surface area contributed by atoms with E-state index in [2.05, 4.69) is 42.5 Å². The van der Waals surface area contributed by atoms with E-state index in [4.69, 9.17) is 0 Å². The van der Waals surface area contributed by atoms with Crippen LogP contribution < -0.4 is 10.6 Å². The fourth-order valence-electron chi connectivity index (χ4n) is 2.59. The third-order valence-corrected chi connectivity index (χ3v) is 7.08. The third-order valence-electron chi connectivity index (χ3n) is 4.29. The summed E-state index contributed by atoms with van der Waals surface area (Å²) in [5.41, 5.74) is 1.12. The Morgan fingerprint density at radius 2 is 1.85 bits per heavy atom. The topological polar surface area (TPSA) is 70.6 Å². The van der Waals surface area contributed by atoms with Crippen molar-refractivity contribution in [2.24, 2.45) is 4.99 Å². The number of nitrogens with zero attached hydrogens (tertiary/aromatic N) is 1. The van der Waals surface area contributed by atoms with Crippen LogP contribution in [0.3, 0.4) is 0 Å². The highest BCUT2D eigenvalue weighted by molar-refractivity contribution is 7.91. The van der Waals surface area contributed by atoms with Gasteiger partial charge in [-0.1, -0.05) is 39.0 Å². The number of thiophene rings is 1. The van der Waals surface area contributed by atoms with Crippen LogP contribution in [0.1, 0.15) is 44.2 Å². The molecular formula is C20H29N3O2S2.